The summed E-state index contributed by atoms with van der Waals surface area (Å²) in [4.78, 5) is 18.3. The van der Waals surface area contributed by atoms with Gasteiger partial charge in [0.2, 0.25) is 11.8 Å². The van der Waals surface area contributed by atoms with Gasteiger partial charge in [-0.15, -0.1) is 12.4 Å². The van der Waals surface area contributed by atoms with Crippen LogP contribution in [0.15, 0.2) is 4.52 Å². The minimum Gasteiger partial charge on any atom is -0.347 e. The highest BCUT2D eigenvalue weighted by atomic mass is 35.5. The van der Waals surface area contributed by atoms with E-state index in [1.807, 2.05) is 27.8 Å². The highest BCUT2D eigenvalue weighted by molar-refractivity contribution is 5.85. The standard InChI is InChI=1S/C13H23N5O2.ClH/c1-13(2,3)12(19)15-8-10-16-11(17-20-10)9-7-14-5-6-18(9)4;/h9,14H,5-8H2,1-4H3,(H,15,19);1H. The average molecular weight is 318 g/mol. The van der Waals surface area contributed by atoms with Crippen molar-refractivity contribution in [2.24, 2.45) is 5.41 Å². The normalized spacial score (nSPS) is 19.9. The molecular weight excluding hydrogens is 294 g/mol. The van der Waals surface area contributed by atoms with Gasteiger partial charge in [0.15, 0.2) is 5.82 Å². The molecule has 1 aromatic rings. The number of piperazine rings is 1. The molecule has 0 saturated carbocycles. The molecule has 1 aliphatic rings. The van der Waals surface area contributed by atoms with Crippen LogP contribution in [0, 0.1) is 5.41 Å². The van der Waals surface area contributed by atoms with Gasteiger partial charge >= 0.3 is 0 Å². The third-order valence-electron chi connectivity index (χ3n) is 3.37. The summed E-state index contributed by atoms with van der Waals surface area (Å²) in [7, 11) is 2.04. The summed E-state index contributed by atoms with van der Waals surface area (Å²) >= 11 is 0. The average Bonchev–Trinajstić information content (AvgIpc) is 2.84. The van der Waals surface area contributed by atoms with Gasteiger partial charge in [-0.1, -0.05) is 25.9 Å². The van der Waals surface area contributed by atoms with Crippen LogP contribution in [0.1, 0.15) is 38.5 Å². The molecular formula is C13H24ClN5O2. The minimum absolute atomic E-state index is 0. The predicted octanol–water partition coefficient (Wildman–Crippen LogP) is 0.730. The van der Waals surface area contributed by atoms with E-state index in [2.05, 4.69) is 25.7 Å². The van der Waals surface area contributed by atoms with Crippen LogP contribution in [0.4, 0.5) is 0 Å². The summed E-state index contributed by atoms with van der Waals surface area (Å²) in [6.45, 7) is 8.60. The lowest BCUT2D eigenvalue weighted by Crippen LogP contribution is -2.44. The van der Waals surface area contributed by atoms with E-state index in [4.69, 9.17) is 4.52 Å². The zero-order valence-electron chi connectivity index (χ0n) is 13.0. The lowest BCUT2D eigenvalue weighted by Gasteiger charge is -2.30. The number of halogens is 1. The van der Waals surface area contributed by atoms with E-state index < -0.39 is 5.41 Å². The lowest BCUT2D eigenvalue weighted by molar-refractivity contribution is -0.128. The van der Waals surface area contributed by atoms with Crippen LogP contribution in [0.2, 0.25) is 0 Å². The molecule has 120 valence electrons. The van der Waals surface area contributed by atoms with E-state index in [1.54, 1.807) is 0 Å². The van der Waals surface area contributed by atoms with Crippen molar-refractivity contribution in [3.63, 3.8) is 0 Å². The first-order chi connectivity index (χ1) is 9.38. The summed E-state index contributed by atoms with van der Waals surface area (Å²) in [5.41, 5.74) is -0.420. The van der Waals surface area contributed by atoms with Crippen molar-refractivity contribution in [2.45, 2.75) is 33.4 Å². The Labute approximate surface area is 131 Å². The molecule has 0 aliphatic carbocycles. The fourth-order valence-electron chi connectivity index (χ4n) is 1.99. The number of nitrogens with zero attached hydrogens (tertiary/aromatic N) is 3. The number of amides is 1. The summed E-state index contributed by atoms with van der Waals surface area (Å²) < 4.78 is 5.20. The van der Waals surface area contributed by atoms with E-state index in [9.17, 15) is 4.79 Å². The third kappa shape index (κ3) is 4.66. The van der Waals surface area contributed by atoms with Gasteiger partial charge in [-0.3, -0.25) is 9.69 Å². The number of likely N-dealkylation sites (N-methyl/N-ethyl adjacent to an activating group) is 1. The number of aromatic nitrogens is 2. The Morgan fingerprint density at radius 2 is 2.24 bits per heavy atom. The highest BCUT2D eigenvalue weighted by Crippen LogP contribution is 2.17. The molecule has 0 radical (unpaired) electrons. The first kappa shape index (κ1) is 17.9. The van der Waals surface area contributed by atoms with Gasteiger partial charge in [-0.05, 0) is 7.05 Å². The molecule has 2 heterocycles. The summed E-state index contributed by atoms with van der Waals surface area (Å²) in [5, 5.41) is 10.1. The third-order valence-corrected chi connectivity index (χ3v) is 3.37. The fraction of sp³-hybridized carbons (Fsp3) is 0.769. The van der Waals surface area contributed by atoms with Crippen LogP contribution in [-0.2, 0) is 11.3 Å². The summed E-state index contributed by atoms with van der Waals surface area (Å²) in [6, 6.07) is 0.125. The fourth-order valence-corrected chi connectivity index (χ4v) is 1.99. The van der Waals surface area contributed by atoms with E-state index >= 15 is 0 Å². The monoisotopic (exact) mass is 317 g/mol. The van der Waals surface area contributed by atoms with Crippen molar-refractivity contribution in [3.05, 3.63) is 11.7 Å². The molecule has 0 aromatic carbocycles. The van der Waals surface area contributed by atoms with Gasteiger partial charge in [0.1, 0.15) is 0 Å². The number of hydrogen-bond donors (Lipinski definition) is 2. The second-order valence-electron chi connectivity index (χ2n) is 6.18. The molecule has 1 fully saturated rings. The van der Waals surface area contributed by atoms with Crippen molar-refractivity contribution >= 4 is 18.3 Å². The molecule has 1 amide bonds. The largest absolute Gasteiger partial charge is 0.347 e. The number of rotatable bonds is 3. The molecule has 0 spiro atoms. The Morgan fingerprint density at radius 1 is 1.52 bits per heavy atom. The molecule has 1 aromatic heterocycles. The van der Waals surface area contributed by atoms with Crippen LogP contribution in [0.5, 0.6) is 0 Å². The Morgan fingerprint density at radius 3 is 2.86 bits per heavy atom. The molecule has 1 unspecified atom stereocenters. The molecule has 0 bridgehead atoms. The zero-order chi connectivity index (χ0) is 14.8. The van der Waals surface area contributed by atoms with Gasteiger partial charge in [0, 0.05) is 25.0 Å². The molecule has 2 rings (SSSR count). The van der Waals surface area contributed by atoms with Crippen LogP contribution >= 0.6 is 12.4 Å². The maximum atomic E-state index is 11.8. The van der Waals surface area contributed by atoms with Gasteiger partial charge < -0.3 is 15.2 Å². The zero-order valence-corrected chi connectivity index (χ0v) is 13.8. The predicted molar refractivity (Wildman–Crippen MR) is 81.1 cm³/mol. The van der Waals surface area contributed by atoms with Crippen LogP contribution in [-0.4, -0.2) is 47.6 Å². The van der Waals surface area contributed by atoms with E-state index in [1.165, 1.54) is 0 Å². The van der Waals surface area contributed by atoms with Crippen molar-refractivity contribution in [2.75, 3.05) is 26.7 Å². The quantitative estimate of drug-likeness (QED) is 0.855. The molecule has 2 N–H and O–H groups in total. The Kier molecular flexibility index (Phi) is 6.12. The smallest absolute Gasteiger partial charge is 0.246 e. The van der Waals surface area contributed by atoms with E-state index in [0.717, 1.165) is 19.6 Å². The first-order valence-corrected chi connectivity index (χ1v) is 6.89. The molecule has 21 heavy (non-hydrogen) atoms. The minimum atomic E-state index is -0.420. The molecule has 1 aliphatic heterocycles. The van der Waals surface area contributed by atoms with Gasteiger partial charge in [-0.2, -0.15) is 4.98 Å². The first-order valence-electron chi connectivity index (χ1n) is 6.89. The van der Waals surface area contributed by atoms with Crippen LogP contribution in [0.25, 0.3) is 0 Å². The van der Waals surface area contributed by atoms with E-state index in [0.29, 0.717) is 11.7 Å². The molecule has 8 heteroatoms. The molecule has 1 atom stereocenters. The molecule has 1 saturated heterocycles. The Bertz CT molecular complexity index is 471. The van der Waals surface area contributed by atoms with E-state index in [-0.39, 0.29) is 30.9 Å². The van der Waals surface area contributed by atoms with Crippen LogP contribution in [0.3, 0.4) is 0 Å². The number of hydrogen-bond acceptors (Lipinski definition) is 6. The second-order valence-corrected chi connectivity index (χ2v) is 6.18. The number of nitrogens with one attached hydrogen (secondary N) is 2. The molecule has 7 nitrogen and oxygen atoms in total. The highest BCUT2D eigenvalue weighted by Gasteiger charge is 2.26. The Balaban J connectivity index is 0.00000220. The summed E-state index contributed by atoms with van der Waals surface area (Å²) in [6.07, 6.45) is 0. The van der Waals surface area contributed by atoms with Crippen LogP contribution < -0.4 is 10.6 Å². The van der Waals surface area contributed by atoms with Gasteiger partial charge in [-0.25, -0.2) is 0 Å². The summed E-state index contributed by atoms with van der Waals surface area (Å²) in [5.74, 6) is 1.07. The topological polar surface area (TPSA) is 83.3 Å². The van der Waals surface area contributed by atoms with Gasteiger partial charge in [0.05, 0.1) is 12.6 Å². The Hall–Kier alpha value is -1.18. The SMILES string of the molecule is CN1CCNCC1c1noc(CNC(=O)C(C)(C)C)n1.Cl. The number of carbonyl (C=O) groups excluding carboxylic acids is 1. The van der Waals surface area contributed by atoms with Crippen molar-refractivity contribution in [3.8, 4) is 0 Å². The van der Waals surface area contributed by atoms with Crippen molar-refractivity contribution in [1.29, 1.82) is 0 Å². The second kappa shape index (κ2) is 7.20. The number of carbonyl (C=O) groups is 1. The lowest BCUT2D eigenvalue weighted by atomic mass is 9.96. The van der Waals surface area contributed by atoms with Crippen molar-refractivity contribution in [1.82, 2.24) is 25.7 Å². The maximum absolute atomic E-state index is 11.8. The maximum Gasteiger partial charge on any atom is 0.246 e. The van der Waals surface area contributed by atoms with Gasteiger partial charge in [0.25, 0.3) is 0 Å². The van der Waals surface area contributed by atoms with Crippen molar-refractivity contribution < 1.29 is 9.32 Å².